The van der Waals surface area contributed by atoms with Crippen LogP contribution in [0.3, 0.4) is 0 Å². The maximum Gasteiger partial charge on any atom is 0.416 e. The summed E-state index contributed by atoms with van der Waals surface area (Å²) in [6.45, 7) is -0.348. The van der Waals surface area contributed by atoms with Crippen molar-refractivity contribution in [2.24, 2.45) is 0 Å². The molecule has 0 spiro atoms. The molecule has 3 rings (SSSR count). The average molecular weight is 440 g/mol. The lowest BCUT2D eigenvalue weighted by Crippen LogP contribution is -2.12. The molecule has 11 heteroatoms. The zero-order valence-corrected chi connectivity index (χ0v) is 15.7. The first-order valence-corrected chi connectivity index (χ1v) is 8.84. The van der Waals surface area contributed by atoms with Crippen LogP contribution in [-0.2, 0) is 30.1 Å². The Labute approximate surface area is 172 Å². The van der Waals surface area contributed by atoms with Gasteiger partial charge in [-0.05, 0) is 41.8 Å². The van der Waals surface area contributed by atoms with Crippen molar-refractivity contribution in [3.8, 4) is 17.3 Å². The minimum atomic E-state index is -4.90. The molecule has 0 fully saturated rings. The minimum Gasteiger partial charge on any atom is -0.376 e. The molecule has 0 aliphatic rings. The number of nitrogens with one attached hydrogen (secondary N) is 1. The number of H-pyrrole nitrogens is 1. The molecule has 0 amide bonds. The van der Waals surface area contributed by atoms with E-state index in [4.69, 9.17) is 10.00 Å². The van der Waals surface area contributed by atoms with Crippen LogP contribution in [0, 0.1) is 11.3 Å². The van der Waals surface area contributed by atoms with Crippen molar-refractivity contribution in [2.75, 3.05) is 6.61 Å². The van der Waals surface area contributed by atoms with Gasteiger partial charge < -0.3 is 4.74 Å². The second-order valence-corrected chi connectivity index (χ2v) is 6.55. The highest BCUT2D eigenvalue weighted by molar-refractivity contribution is 5.64. The predicted molar refractivity (Wildman–Crippen MR) is 96.3 cm³/mol. The smallest absolute Gasteiger partial charge is 0.376 e. The van der Waals surface area contributed by atoms with Crippen molar-refractivity contribution in [2.45, 2.75) is 25.4 Å². The van der Waals surface area contributed by atoms with Gasteiger partial charge in [-0.15, -0.1) is 5.10 Å². The van der Waals surface area contributed by atoms with Gasteiger partial charge in [0.2, 0.25) is 0 Å². The number of halogens is 6. The van der Waals surface area contributed by atoms with E-state index in [9.17, 15) is 26.3 Å². The number of rotatable bonds is 6. The molecule has 0 bridgehead atoms. The van der Waals surface area contributed by atoms with Gasteiger partial charge in [0.05, 0.1) is 24.3 Å². The van der Waals surface area contributed by atoms with Crippen molar-refractivity contribution in [3.63, 3.8) is 0 Å². The zero-order chi connectivity index (χ0) is 22.6. The van der Waals surface area contributed by atoms with E-state index in [-0.39, 0.29) is 23.9 Å². The Morgan fingerprint density at radius 3 is 2.19 bits per heavy atom. The molecule has 1 N–H and O–H groups in total. The predicted octanol–water partition coefficient (Wildman–Crippen LogP) is 5.14. The molecule has 1 aromatic heterocycles. The number of nitrogens with zero attached hydrogens (tertiary/aromatic N) is 3. The van der Waals surface area contributed by atoms with Gasteiger partial charge in [-0.1, -0.05) is 18.2 Å². The van der Waals surface area contributed by atoms with Gasteiger partial charge in [0.15, 0.2) is 5.69 Å². The molecule has 0 aliphatic heterocycles. The number of alkyl halides is 6. The number of hydrogen-bond acceptors (Lipinski definition) is 4. The highest BCUT2D eigenvalue weighted by atomic mass is 19.4. The topological polar surface area (TPSA) is 74.6 Å². The maximum absolute atomic E-state index is 12.9. The number of ether oxygens (including phenoxy) is 1. The maximum atomic E-state index is 12.9. The fraction of sp³-hybridized carbons (Fsp3) is 0.250. The second-order valence-electron chi connectivity index (χ2n) is 6.55. The lowest BCUT2D eigenvalue weighted by Gasteiger charge is -2.14. The van der Waals surface area contributed by atoms with Crippen LogP contribution in [-0.4, -0.2) is 22.0 Å². The normalized spacial score (nSPS) is 12.0. The first-order valence-electron chi connectivity index (χ1n) is 8.84. The van der Waals surface area contributed by atoms with Gasteiger partial charge >= 0.3 is 12.4 Å². The summed E-state index contributed by atoms with van der Waals surface area (Å²) in [6.07, 6.45) is -9.46. The van der Waals surface area contributed by atoms with E-state index in [2.05, 4.69) is 15.4 Å². The van der Waals surface area contributed by atoms with Gasteiger partial charge in [-0.2, -0.15) is 41.9 Å². The van der Waals surface area contributed by atoms with E-state index in [0.29, 0.717) is 29.8 Å². The number of hydrogen-bond donors (Lipinski definition) is 1. The van der Waals surface area contributed by atoms with Gasteiger partial charge in [0.25, 0.3) is 0 Å². The summed E-state index contributed by atoms with van der Waals surface area (Å²) in [7, 11) is 0. The lowest BCUT2D eigenvalue weighted by atomic mass is 10.0. The largest absolute Gasteiger partial charge is 0.416 e. The summed E-state index contributed by atoms with van der Waals surface area (Å²) >= 11 is 0. The summed E-state index contributed by atoms with van der Waals surface area (Å²) < 4.78 is 82.8. The molecule has 1 heterocycles. The van der Waals surface area contributed by atoms with Crippen molar-refractivity contribution in [3.05, 3.63) is 70.4 Å². The SMILES string of the molecule is N#Cc1n[nH]nc1-c1cccc(CCOCc2cc(C(F)(F)F)cc(C(F)(F)F)c2)c1. The first kappa shape index (κ1) is 22.3. The quantitative estimate of drug-likeness (QED) is 0.426. The molecule has 0 radical (unpaired) electrons. The Morgan fingerprint density at radius 2 is 1.58 bits per heavy atom. The Morgan fingerprint density at radius 1 is 0.903 bits per heavy atom. The summed E-state index contributed by atoms with van der Waals surface area (Å²) in [6, 6.07) is 10.2. The Bertz CT molecular complexity index is 1070. The standard InChI is InChI=1S/C20H14F6N4O/c21-19(22,23)15-7-13(8-16(9-15)20(24,25)26)11-31-5-4-12-2-1-3-14(6-12)18-17(10-27)28-30-29-18/h1-3,6-9H,4-5,11H2,(H,28,29,30). The molecule has 0 unspecified atom stereocenters. The summed E-state index contributed by atoms with van der Waals surface area (Å²) in [5, 5.41) is 19.0. The van der Waals surface area contributed by atoms with Crippen LogP contribution in [0.4, 0.5) is 26.3 Å². The highest BCUT2D eigenvalue weighted by Crippen LogP contribution is 2.36. The van der Waals surface area contributed by atoms with E-state index in [1.807, 2.05) is 6.07 Å². The first-order chi connectivity index (χ1) is 14.6. The molecule has 162 valence electrons. The van der Waals surface area contributed by atoms with Crippen molar-refractivity contribution in [1.82, 2.24) is 15.4 Å². The highest BCUT2D eigenvalue weighted by Gasteiger charge is 2.36. The molecular weight excluding hydrogens is 426 g/mol. The minimum absolute atomic E-state index is 0.0605. The Hall–Kier alpha value is -3.39. The van der Waals surface area contributed by atoms with Gasteiger partial charge in [-0.3, -0.25) is 0 Å². The van der Waals surface area contributed by atoms with Crippen molar-refractivity contribution < 1.29 is 31.1 Å². The van der Waals surface area contributed by atoms with E-state index in [0.717, 1.165) is 5.56 Å². The molecule has 5 nitrogen and oxygen atoms in total. The summed E-state index contributed by atoms with van der Waals surface area (Å²) in [5.74, 6) is 0. The monoisotopic (exact) mass is 440 g/mol. The number of aromatic amines is 1. The third-order valence-corrected chi connectivity index (χ3v) is 4.31. The zero-order valence-electron chi connectivity index (χ0n) is 15.7. The molecular formula is C20H14F6N4O. The number of benzene rings is 2. The van der Waals surface area contributed by atoms with Gasteiger partial charge in [0.1, 0.15) is 11.8 Å². The number of aromatic nitrogens is 3. The van der Waals surface area contributed by atoms with E-state index in [1.54, 1.807) is 24.3 Å². The Balaban J connectivity index is 1.66. The Kier molecular flexibility index (Phi) is 6.31. The molecule has 3 aromatic rings. The second kappa shape index (κ2) is 8.77. The molecule has 0 saturated heterocycles. The fourth-order valence-electron chi connectivity index (χ4n) is 2.87. The number of nitriles is 1. The van der Waals surface area contributed by atoms with Gasteiger partial charge in [-0.25, -0.2) is 0 Å². The van der Waals surface area contributed by atoms with Crippen LogP contribution < -0.4 is 0 Å². The summed E-state index contributed by atoms with van der Waals surface area (Å²) in [4.78, 5) is 0. The summed E-state index contributed by atoms with van der Waals surface area (Å²) in [5.41, 5.74) is -1.08. The third kappa shape index (κ3) is 5.61. The van der Waals surface area contributed by atoms with E-state index in [1.165, 1.54) is 0 Å². The van der Waals surface area contributed by atoms with Crippen LogP contribution >= 0.6 is 0 Å². The van der Waals surface area contributed by atoms with Crippen LogP contribution in [0.1, 0.15) is 27.9 Å². The lowest BCUT2D eigenvalue weighted by molar-refractivity contribution is -0.143. The molecule has 0 saturated carbocycles. The van der Waals surface area contributed by atoms with E-state index < -0.39 is 30.1 Å². The third-order valence-electron chi connectivity index (χ3n) is 4.31. The van der Waals surface area contributed by atoms with Crippen LogP contribution in [0.2, 0.25) is 0 Å². The van der Waals surface area contributed by atoms with Crippen molar-refractivity contribution in [1.29, 1.82) is 5.26 Å². The average Bonchev–Trinajstić information content (AvgIpc) is 3.19. The van der Waals surface area contributed by atoms with Gasteiger partial charge in [0, 0.05) is 5.56 Å². The van der Waals surface area contributed by atoms with Crippen molar-refractivity contribution >= 4 is 0 Å². The van der Waals surface area contributed by atoms with Crippen LogP contribution in [0.15, 0.2) is 42.5 Å². The molecule has 2 aromatic carbocycles. The molecule has 0 aliphatic carbocycles. The fourth-order valence-corrected chi connectivity index (χ4v) is 2.87. The molecule has 0 atom stereocenters. The molecule has 31 heavy (non-hydrogen) atoms. The van der Waals surface area contributed by atoms with E-state index >= 15 is 0 Å². The van der Waals surface area contributed by atoms with Crippen LogP contribution in [0.5, 0.6) is 0 Å². The van der Waals surface area contributed by atoms with Crippen LogP contribution in [0.25, 0.3) is 11.3 Å².